The van der Waals surface area contributed by atoms with E-state index in [9.17, 15) is 9.59 Å². The second-order valence-electron chi connectivity index (χ2n) is 5.04. The van der Waals surface area contributed by atoms with Crippen molar-refractivity contribution >= 4 is 28.4 Å². The van der Waals surface area contributed by atoms with Crippen LogP contribution in [0.4, 0.5) is 0 Å². The van der Waals surface area contributed by atoms with Gasteiger partial charge in [0.15, 0.2) is 0 Å². The molecule has 3 rings (SSSR count). The van der Waals surface area contributed by atoms with Crippen LogP contribution in [0, 0.1) is 0 Å². The molecule has 1 aliphatic heterocycles. The first-order chi connectivity index (χ1) is 10.1. The number of hydrogen-bond acceptors (Lipinski definition) is 4. The summed E-state index contributed by atoms with van der Waals surface area (Å²) < 4.78 is 0. The predicted octanol–water partition coefficient (Wildman–Crippen LogP) is 0.945. The Morgan fingerprint density at radius 1 is 1.38 bits per heavy atom. The fraction of sp³-hybridized carbons (Fsp3) is 0.357. The third-order valence-electron chi connectivity index (χ3n) is 3.52. The molecule has 0 bridgehead atoms. The predicted molar refractivity (Wildman–Crippen MR) is 80.2 cm³/mol. The molecule has 0 aliphatic carbocycles. The number of benzene rings is 1. The third-order valence-corrected chi connectivity index (χ3v) is 3.75. The minimum atomic E-state index is -0.237. The number of carbonyl (C=O) groups excluding carboxylic acids is 1. The molecule has 3 N–H and O–H groups in total. The van der Waals surface area contributed by atoms with Crippen LogP contribution in [0.1, 0.15) is 18.7 Å². The molecule has 0 radical (unpaired) electrons. The zero-order chi connectivity index (χ0) is 14.8. The quantitative estimate of drug-likeness (QED) is 0.788. The molecule has 0 spiro atoms. The topological polar surface area (TPSA) is 86.9 Å². The van der Waals surface area contributed by atoms with E-state index in [-0.39, 0.29) is 17.5 Å². The van der Waals surface area contributed by atoms with Crippen LogP contribution in [-0.2, 0) is 11.3 Å². The van der Waals surface area contributed by atoms with Crippen LogP contribution in [0.15, 0.2) is 23.0 Å². The van der Waals surface area contributed by atoms with Gasteiger partial charge in [-0.25, -0.2) is 4.98 Å². The maximum atomic E-state index is 12.0. The Bertz CT molecular complexity index is 743. The van der Waals surface area contributed by atoms with Crippen LogP contribution in [-0.4, -0.2) is 28.5 Å². The molecule has 0 saturated carbocycles. The third kappa shape index (κ3) is 3.06. The highest BCUT2D eigenvalue weighted by atomic mass is 35.5. The lowest BCUT2D eigenvalue weighted by atomic mass is 10.1. The number of carbonyl (C=O) groups is 1. The van der Waals surface area contributed by atoms with E-state index in [0.717, 1.165) is 19.4 Å². The molecule has 2 aromatic rings. The lowest BCUT2D eigenvalue weighted by Gasteiger charge is -2.22. The molecular weight excluding hydrogens is 292 g/mol. The maximum absolute atomic E-state index is 12.0. The molecule has 1 aliphatic rings. The minimum Gasteiger partial charge on any atom is -0.355 e. The lowest BCUT2D eigenvalue weighted by molar-refractivity contribution is -0.124. The molecule has 6 nitrogen and oxygen atoms in total. The van der Waals surface area contributed by atoms with Crippen LogP contribution in [0.25, 0.3) is 10.9 Å². The van der Waals surface area contributed by atoms with Gasteiger partial charge in [-0.1, -0.05) is 11.6 Å². The molecule has 21 heavy (non-hydrogen) atoms. The molecule has 7 heteroatoms. The van der Waals surface area contributed by atoms with Crippen LogP contribution >= 0.6 is 11.6 Å². The van der Waals surface area contributed by atoms with Crippen molar-refractivity contribution < 1.29 is 4.79 Å². The Hall–Kier alpha value is -1.92. The second kappa shape index (κ2) is 5.83. The van der Waals surface area contributed by atoms with E-state index in [0.29, 0.717) is 28.3 Å². The van der Waals surface area contributed by atoms with Crippen molar-refractivity contribution in [2.75, 3.05) is 6.54 Å². The fourth-order valence-electron chi connectivity index (χ4n) is 2.43. The Morgan fingerprint density at radius 3 is 3.05 bits per heavy atom. The molecule has 1 fully saturated rings. The summed E-state index contributed by atoms with van der Waals surface area (Å²) >= 11 is 5.92. The van der Waals surface area contributed by atoms with Crippen molar-refractivity contribution in [3.8, 4) is 0 Å². The van der Waals surface area contributed by atoms with E-state index in [1.165, 1.54) is 0 Å². The number of rotatable bonds is 3. The Labute approximate surface area is 125 Å². The largest absolute Gasteiger partial charge is 0.355 e. The lowest BCUT2D eigenvalue weighted by Crippen LogP contribution is -2.48. The standard InChI is InChI=1S/C14H15ClN4O2/c15-8-3-4-9-11(6-8)18-12(19-13(9)20)7-17-10-2-1-5-16-14(10)21/h3-4,6,10,17H,1-2,5,7H2,(H,16,21)(H,18,19,20). The number of aromatic nitrogens is 2. The van der Waals surface area contributed by atoms with Gasteiger partial charge in [-0.2, -0.15) is 0 Å². The molecule has 1 aromatic heterocycles. The van der Waals surface area contributed by atoms with E-state index >= 15 is 0 Å². The number of aromatic amines is 1. The zero-order valence-corrected chi connectivity index (χ0v) is 12.0. The van der Waals surface area contributed by atoms with Crippen molar-refractivity contribution in [2.45, 2.75) is 25.4 Å². The average Bonchev–Trinajstić information content (AvgIpc) is 2.46. The number of hydrogen-bond donors (Lipinski definition) is 3. The van der Waals surface area contributed by atoms with E-state index in [2.05, 4.69) is 20.6 Å². The molecule has 1 unspecified atom stereocenters. The summed E-state index contributed by atoms with van der Waals surface area (Å²) in [5.74, 6) is 0.487. The van der Waals surface area contributed by atoms with Gasteiger partial charge in [0.2, 0.25) is 5.91 Å². The number of amides is 1. The van der Waals surface area contributed by atoms with Gasteiger partial charge in [0.05, 0.1) is 23.5 Å². The summed E-state index contributed by atoms with van der Waals surface area (Å²) in [6.45, 7) is 1.05. The van der Waals surface area contributed by atoms with E-state index in [4.69, 9.17) is 11.6 Å². The van der Waals surface area contributed by atoms with E-state index in [1.807, 2.05) is 0 Å². The van der Waals surface area contributed by atoms with E-state index < -0.39 is 0 Å². The summed E-state index contributed by atoms with van der Waals surface area (Å²) in [4.78, 5) is 30.7. The molecule has 1 atom stereocenters. The van der Waals surface area contributed by atoms with Crippen molar-refractivity contribution in [3.63, 3.8) is 0 Å². The van der Waals surface area contributed by atoms with Crippen LogP contribution in [0.5, 0.6) is 0 Å². The summed E-state index contributed by atoms with van der Waals surface area (Å²) in [5.41, 5.74) is 0.345. The normalized spacial score (nSPS) is 18.7. The van der Waals surface area contributed by atoms with Crippen LogP contribution in [0.2, 0.25) is 5.02 Å². The van der Waals surface area contributed by atoms with Gasteiger partial charge in [-0.15, -0.1) is 0 Å². The number of piperidine rings is 1. The Kier molecular flexibility index (Phi) is 3.90. The molecule has 1 aromatic carbocycles. The van der Waals surface area contributed by atoms with Gasteiger partial charge >= 0.3 is 0 Å². The number of nitrogens with zero attached hydrogens (tertiary/aromatic N) is 1. The number of fused-ring (bicyclic) bond motifs is 1. The van der Waals surface area contributed by atoms with E-state index in [1.54, 1.807) is 18.2 Å². The second-order valence-corrected chi connectivity index (χ2v) is 5.48. The van der Waals surface area contributed by atoms with Gasteiger partial charge < -0.3 is 10.3 Å². The van der Waals surface area contributed by atoms with Crippen molar-refractivity contribution in [1.29, 1.82) is 0 Å². The van der Waals surface area contributed by atoms with Crippen molar-refractivity contribution in [2.24, 2.45) is 0 Å². The maximum Gasteiger partial charge on any atom is 0.258 e. The summed E-state index contributed by atoms with van der Waals surface area (Å²) in [6, 6.07) is 4.72. The summed E-state index contributed by atoms with van der Waals surface area (Å²) in [5, 5.41) is 6.95. The highest BCUT2D eigenvalue weighted by Gasteiger charge is 2.21. The smallest absolute Gasteiger partial charge is 0.258 e. The van der Waals surface area contributed by atoms with Crippen LogP contribution in [0.3, 0.4) is 0 Å². The first-order valence-electron chi connectivity index (χ1n) is 6.83. The Morgan fingerprint density at radius 2 is 2.24 bits per heavy atom. The van der Waals surface area contributed by atoms with Crippen LogP contribution < -0.4 is 16.2 Å². The van der Waals surface area contributed by atoms with Gasteiger partial charge in [-0.3, -0.25) is 14.9 Å². The van der Waals surface area contributed by atoms with Gasteiger partial charge in [0, 0.05) is 11.6 Å². The first kappa shape index (κ1) is 14.0. The SMILES string of the molecule is O=C1NCCCC1NCc1nc2cc(Cl)ccc2c(=O)[nH]1. The highest BCUT2D eigenvalue weighted by Crippen LogP contribution is 2.14. The molecule has 1 amide bonds. The number of halogens is 1. The zero-order valence-electron chi connectivity index (χ0n) is 11.3. The average molecular weight is 307 g/mol. The first-order valence-corrected chi connectivity index (χ1v) is 7.21. The monoisotopic (exact) mass is 306 g/mol. The molecule has 110 valence electrons. The molecule has 1 saturated heterocycles. The fourth-order valence-corrected chi connectivity index (χ4v) is 2.60. The van der Waals surface area contributed by atoms with Crippen molar-refractivity contribution in [3.05, 3.63) is 39.4 Å². The van der Waals surface area contributed by atoms with Crippen molar-refractivity contribution in [1.82, 2.24) is 20.6 Å². The molecular formula is C14H15ClN4O2. The van der Waals surface area contributed by atoms with Gasteiger partial charge in [0.25, 0.3) is 5.56 Å². The summed E-state index contributed by atoms with van der Waals surface area (Å²) in [6.07, 6.45) is 1.73. The number of nitrogens with one attached hydrogen (secondary N) is 3. The highest BCUT2D eigenvalue weighted by molar-refractivity contribution is 6.31. The minimum absolute atomic E-state index is 0.00701. The summed E-state index contributed by atoms with van der Waals surface area (Å²) in [7, 11) is 0. The Balaban J connectivity index is 1.81. The number of H-pyrrole nitrogens is 1. The van der Waals surface area contributed by atoms with Gasteiger partial charge in [-0.05, 0) is 31.0 Å². The van der Waals surface area contributed by atoms with Gasteiger partial charge in [0.1, 0.15) is 5.82 Å². The molecule has 2 heterocycles.